The molecule has 0 spiro atoms. The molecular formula is C19H19ClN4O2S. The quantitative estimate of drug-likeness (QED) is 0.573. The van der Waals surface area contributed by atoms with Crippen LogP contribution in [-0.2, 0) is 11.4 Å². The van der Waals surface area contributed by atoms with Crippen LogP contribution in [0, 0.1) is 13.8 Å². The number of halogens is 1. The lowest BCUT2D eigenvalue weighted by molar-refractivity contribution is -0.113. The fourth-order valence-electron chi connectivity index (χ4n) is 2.47. The van der Waals surface area contributed by atoms with Crippen LogP contribution in [0.5, 0.6) is 5.75 Å². The number of carbonyl (C=O) groups excluding carboxylic acids is 1. The summed E-state index contributed by atoms with van der Waals surface area (Å²) in [5.41, 5.74) is 2.80. The molecule has 2 N–H and O–H groups in total. The monoisotopic (exact) mass is 402 g/mol. The Morgan fingerprint density at radius 1 is 1.22 bits per heavy atom. The van der Waals surface area contributed by atoms with Crippen molar-refractivity contribution in [1.29, 1.82) is 0 Å². The first-order valence-electron chi connectivity index (χ1n) is 8.30. The van der Waals surface area contributed by atoms with Crippen LogP contribution in [0.2, 0.25) is 5.02 Å². The van der Waals surface area contributed by atoms with Gasteiger partial charge < -0.3 is 10.1 Å². The molecule has 6 nitrogen and oxygen atoms in total. The number of aryl methyl sites for hydroxylation is 2. The van der Waals surface area contributed by atoms with Gasteiger partial charge in [0, 0.05) is 10.7 Å². The molecule has 0 aliphatic rings. The molecule has 2 aromatic carbocycles. The number of amides is 1. The van der Waals surface area contributed by atoms with Crippen LogP contribution < -0.4 is 10.1 Å². The molecule has 0 fully saturated rings. The van der Waals surface area contributed by atoms with Crippen molar-refractivity contribution in [1.82, 2.24) is 15.2 Å². The Morgan fingerprint density at radius 2 is 1.96 bits per heavy atom. The lowest BCUT2D eigenvalue weighted by Crippen LogP contribution is -2.14. The molecule has 3 aromatic rings. The average Bonchev–Trinajstić information content (AvgIpc) is 3.07. The Morgan fingerprint density at radius 3 is 2.70 bits per heavy atom. The Hall–Kier alpha value is -2.51. The molecule has 8 heteroatoms. The fourth-order valence-corrected chi connectivity index (χ4v) is 3.28. The molecule has 3 rings (SSSR count). The van der Waals surface area contributed by atoms with Gasteiger partial charge in [0.05, 0.1) is 5.75 Å². The number of aromatic amines is 1. The maximum Gasteiger partial charge on any atom is 0.234 e. The Balaban J connectivity index is 1.50. The van der Waals surface area contributed by atoms with Gasteiger partial charge in [-0.05, 0) is 43.2 Å². The van der Waals surface area contributed by atoms with Gasteiger partial charge in [0.2, 0.25) is 11.1 Å². The number of ether oxygens (including phenoxy) is 1. The molecular weight excluding hydrogens is 384 g/mol. The van der Waals surface area contributed by atoms with Crippen LogP contribution in [0.25, 0.3) is 0 Å². The number of rotatable bonds is 7. The molecule has 0 radical (unpaired) electrons. The van der Waals surface area contributed by atoms with E-state index in [1.165, 1.54) is 11.8 Å². The Labute approximate surface area is 166 Å². The van der Waals surface area contributed by atoms with Crippen molar-refractivity contribution in [3.63, 3.8) is 0 Å². The maximum atomic E-state index is 12.0. The molecule has 0 bridgehead atoms. The van der Waals surface area contributed by atoms with Gasteiger partial charge in [-0.1, -0.05) is 47.6 Å². The van der Waals surface area contributed by atoms with E-state index in [0.29, 0.717) is 21.7 Å². The Kier molecular flexibility index (Phi) is 6.36. The van der Waals surface area contributed by atoms with Crippen LogP contribution in [0.3, 0.4) is 0 Å². The number of nitrogens with zero attached hydrogens (tertiary/aromatic N) is 2. The molecule has 0 aliphatic carbocycles. The maximum absolute atomic E-state index is 12.0. The third-order valence-electron chi connectivity index (χ3n) is 3.71. The van der Waals surface area contributed by atoms with Crippen molar-refractivity contribution in [2.45, 2.75) is 25.6 Å². The summed E-state index contributed by atoms with van der Waals surface area (Å²) < 4.78 is 5.85. The summed E-state index contributed by atoms with van der Waals surface area (Å²) in [5.74, 6) is 1.50. The van der Waals surface area contributed by atoms with E-state index in [4.69, 9.17) is 16.3 Å². The predicted octanol–water partition coefficient (Wildman–Crippen LogP) is 4.38. The molecule has 0 saturated carbocycles. The first-order chi connectivity index (χ1) is 13.0. The van der Waals surface area contributed by atoms with Crippen molar-refractivity contribution in [2.24, 2.45) is 0 Å². The second-order valence-electron chi connectivity index (χ2n) is 5.92. The molecule has 0 aliphatic heterocycles. The number of thioether (sulfide) groups is 1. The molecule has 0 atom stereocenters. The van der Waals surface area contributed by atoms with Gasteiger partial charge >= 0.3 is 0 Å². The highest BCUT2D eigenvalue weighted by Crippen LogP contribution is 2.23. The molecule has 0 saturated heterocycles. The molecule has 1 heterocycles. The van der Waals surface area contributed by atoms with Crippen LogP contribution in [-0.4, -0.2) is 26.8 Å². The number of nitrogens with one attached hydrogen (secondary N) is 2. The highest BCUT2D eigenvalue weighted by atomic mass is 35.5. The summed E-state index contributed by atoms with van der Waals surface area (Å²) in [6.07, 6.45) is 0. The fraction of sp³-hybridized carbons (Fsp3) is 0.211. The summed E-state index contributed by atoms with van der Waals surface area (Å²) in [5, 5.41) is 10.8. The van der Waals surface area contributed by atoms with Crippen molar-refractivity contribution in [3.8, 4) is 5.75 Å². The van der Waals surface area contributed by atoms with Crippen LogP contribution in [0.15, 0.2) is 47.6 Å². The lowest BCUT2D eigenvalue weighted by Gasteiger charge is -2.10. The van der Waals surface area contributed by atoms with E-state index in [9.17, 15) is 4.79 Å². The van der Waals surface area contributed by atoms with E-state index in [2.05, 4.69) is 20.5 Å². The SMILES string of the molecule is Cc1cccc(C)c1OCc1nc(SCC(=O)Nc2cccc(Cl)c2)n[nH]1. The summed E-state index contributed by atoms with van der Waals surface area (Å²) >= 11 is 7.15. The number of hydrogen-bond acceptors (Lipinski definition) is 5. The largest absolute Gasteiger partial charge is 0.485 e. The van der Waals surface area contributed by atoms with Gasteiger partial charge in [0.15, 0.2) is 5.82 Å². The molecule has 1 aromatic heterocycles. The van der Waals surface area contributed by atoms with E-state index in [1.54, 1.807) is 24.3 Å². The van der Waals surface area contributed by atoms with Crippen LogP contribution in [0.1, 0.15) is 17.0 Å². The summed E-state index contributed by atoms with van der Waals surface area (Å²) in [6.45, 7) is 4.29. The first-order valence-corrected chi connectivity index (χ1v) is 9.66. The third-order valence-corrected chi connectivity index (χ3v) is 4.80. The van der Waals surface area contributed by atoms with E-state index in [-0.39, 0.29) is 18.3 Å². The van der Waals surface area contributed by atoms with Crippen molar-refractivity contribution in [3.05, 3.63) is 64.4 Å². The second kappa shape index (κ2) is 8.92. The van der Waals surface area contributed by atoms with E-state index in [1.807, 2.05) is 32.0 Å². The van der Waals surface area contributed by atoms with Gasteiger partial charge in [-0.2, -0.15) is 0 Å². The van der Waals surface area contributed by atoms with E-state index in [0.717, 1.165) is 16.9 Å². The highest BCUT2D eigenvalue weighted by molar-refractivity contribution is 7.99. The number of H-pyrrole nitrogens is 1. The minimum atomic E-state index is -0.152. The minimum Gasteiger partial charge on any atom is -0.485 e. The number of aromatic nitrogens is 3. The lowest BCUT2D eigenvalue weighted by atomic mass is 10.1. The topological polar surface area (TPSA) is 79.9 Å². The zero-order valence-corrected chi connectivity index (χ0v) is 16.5. The molecule has 0 unspecified atom stereocenters. The number of hydrogen-bond donors (Lipinski definition) is 2. The summed E-state index contributed by atoms with van der Waals surface area (Å²) in [7, 11) is 0. The van der Waals surface area contributed by atoms with Crippen molar-refractivity contribution in [2.75, 3.05) is 11.1 Å². The van der Waals surface area contributed by atoms with E-state index >= 15 is 0 Å². The molecule has 1 amide bonds. The predicted molar refractivity (Wildman–Crippen MR) is 107 cm³/mol. The third kappa shape index (κ3) is 5.48. The first kappa shape index (κ1) is 19.3. The van der Waals surface area contributed by atoms with Gasteiger partial charge in [-0.3, -0.25) is 9.89 Å². The summed E-state index contributed by atoms with van der Waals surface area (Å²) in [6, 6.07) is 13.0. The van der Waals surface area contributed by atoms with Crippen molar-refractivity contribution >= 4 is 35.0 Å². The number of para-hydroxylation sites is 1. The standard InChI is InChI=1S/C19H19ClN4O2S/c1-12-5-3-6-13(2)18(12)26-10-16-22-19(24-23-16)27-11-17(25)21-15-8-4-7-14(20)9-15/h3-9H,10-11H2,1-2H3,(H,21,25)(H,22,23,24). The van der Waals surface area contributed by atoms with Crippen molar-refractivity contribution < 1.29 is 9.53 Å². The normalized spacial score (nSPS) is 10.6. The number of anilines is 1. The van der Waals surface area contributed by atoms with Crippen LogP contribution >= 0.6 is 23.4 Å². The van der Waals surface area contributed by atoms with Gasteiger partial charge in [-0.25, -0.2) is 4.98 Å². The Bertz CT molecular complexity index is 925. The van der Waals surface area contributed by atoms with Crippen LogP contribution in [0.4, 0.5) is 5.69 Å². The zero-order chi connectivity index (χ0) is 19.2. The highest BCUT2D eigenvalue weighted by Gasteiger charge is 2.10. The van der Waals surface area contributed by atoms with Gasteiger partial charge in [-0.15, -0.1) is 5.10 Å². The van der Waals surface area contributed by atoms with Gasteiger partial charge in [0.25, 0.3) is 0 Å². The van der Waals surface area contributed by atoms with Gasteiger partial charge in [0.1, 0.15) is 12.4 Å². The smallest absolute Gasteiger partial charge is 0.234 e. The number of benzene rings is 2. The zero-order valence-electron chi connectivity index (χ0n) is 15.0. The summed E-state index contributed by atoms with van der Waals surface area (Å²) in [4.78, 5) is 16.4. The number of carbonyl (C=O) groups is 1. The molecule has 140 valence electrons. The van der Waals surface area contributed by atoms with E-state index < -0.39 is 0 Å². The average molecular weight is 403 g/mol. The second-order valence-corrected chi connectivity index (χ2v) is 7.30. The minimum absolute atomic E-state index is 0.152. The molecule has 27 heavy (non-hydrogen) atoms.